The van der Waals surface area contributed by atoms with Gasteiger partial charge in [0.1, 0.15) is 0 Å². The van der Waals surface area contributed by atoms with Crippen molar-refractivity contribution < 1.29 is 18.7 Å². The van der Waals surface area contributed by atoms with Crippen molar-refractivity contribution in [2.24, 2.45) is 0 Å². The van der Waals surface area contributed by atoms with Crippen molar-refractivity contribution in [2.45, 2.75) is 18.6 Å². The van der Waals surface area contributed by atoms with E-state index in [0.29, 0.717) is 61.9 Å². The maximum atomic E-state index is 13.2. The molecule has 0 atom stereocenters. The molecule has 3 heterocycles. The number of rotatable bonds is 3. The molecule has 3 aromatic rings. The van der Waals surface area contributed by atoms with Gasteiger partial charge in [-0.1, -0.05) is 42.5 Å². The van der Waals surface area contributed by atoms with Crippen LogP contribution in [-0.4, -0.2) is 47.9 Å². The second-order valence-corrected chi connectivity index (χ2v) is 7.34. The second kappa shape index (κ2) is 7.46. The van der Waals surface area contributed by atoms with Crippen LogP contribution in [-0.2, 0) is 9.47 Å². The summed E-state index contributed by atoms with van der Waals surface area (Å²) in [6, 6.07) is 17.3. The van der Waals surface area contributed by atoms with Gasteiger partial charge in [-0.15, -0.1) is 0 Å². The number of ether oxygens (including phenoxy) is 2. The van der Waals surface area contributed by atoms with E-state index in [2.05, 4.69) is 4.98 Å². The summed E-state index contributed by atoms with van der Waals surface area (Å²) >= 11 is 0. The van der Waals surface area contributed by atoms with Crippen molar-refractivity contribution in [1.29, 1.82) is 0 Å². The lowest BCUT2D eigenvalue weighted by atomic mass is 10.0. The summed E-state index contributed by atoms with van der Waals surface area (Å²) < 4.78 is 17.5. The van der Waals surface area contributed by atoms with Gasteiger partial charge in [0.05, 0.1) is 25.0 Å². The fraction of sp³-hybridized carbons (Fsp3) is 0.304. The Hall–Kier alpha value is -2.96. The van der Waals surface area contributed by atoms with E-state index in [0.717, 1.165) is 5.56 Å². The molecule has 1 amide bonds. The van der Waals surface area contributed by atoms with E-state index < -0.39 is 5.79 Å². The van der Waals surface area contributed by atoms with E-state index >= 15 is 0 Å². The minimum absolute atomic E-state index is 0.0205. The van der Waals surface area contributed by atoms with Gasteiger partial charge in [0.25, 0.3) is 5.91 Å². The van der Waals surface area contributed by atoms with Crippen molar-refractivity contribution in [1.82, 2.24) is 9.88 Å². The summed E-state index contributed by atoms with van der Waals surface area (Å²) in [6.45, 7) is 2.47. The summed E-state index contributed by atoms with van der Waals surface area (Å²) in [5.74, 6) is 0.610. The van der Waals surface area contributed by atoms with E-state index in [4.69, 9.17) is 13.9 Å². The summed E-state index contributed by atoms with van der Waals surface area (Å²) in [5, 5.41) is 0. The van der Waals surface area contributed by atoms with E-state index in [1.54, 1.807) is 6.20 Å². The number of hydrogen-bond donors (Lipinski definition) is 0. The molecule has 29 heavy (non-hydrogen) atoms. The second-order valence-electron chi connectivity index (χ2n) is 7.34. The third kappa shape index (κ3) is 3.45. The van der Waals surface area contributed by atoms with Gasteiger partial charge in [-0.2, -0.15) is 0 Å². The first-order valence-electron chi connectivity index (χ1n) is 9.92. The number of hydrogen-bond acceptors (Lipinski definition) is 5. The highest BCUT2D eigenvalue weighted by atomic mass is 16.7. The van der Waals surface area contributed by atoms with Crippen molar-refractivity contribution in [3.05, 3.63) is 66.4 Å². The zero-order valence-corrected chi connectivity index (χ0v) is 16.0. The third-order valence-corrected chi connectivity index (χ3v) is 5.58. The van der Waals surface area contributed by atoms with E-state index in [1.165, 1.54) is 0 Å². The number of benzene rings is 2. The third-order valence-electron chi connectivity index (χ3n) is 5.58. The lowest BCUT2D eigenvalue weighted by Crippen LogP contribution is -2.47. The Morgan fingerprint density at radius 2 is 1.62 bits per heavy atom. The molecule has 6 nitrogen and oxygen atoms in total. The lowest BCUT2D eigenvalue weighted by molar-refractivity contribution is -0.181. The summed E-state index contributed by atoms with van der Waals surface area (Å²) in [6.07, 6.45) is 3.08. The first-order valence-corrected chi connectivity index (χ1v) is 9.92. The van der Waals surface area contributed by atoms with E-state index in [-0.39, 0.29) is 5.91 Å². The van der Waals surface area contributed by atoms with Crippen LogP contribution < -0.4 is 0 Å². The fourth-order valence-electron chi connectivity index (χ4n) is 4.00. The molecule has 2 fully saturated rings. The van der Waals surface area contributed by atoms with Crippen LogP contribution in [0.25, 0.3) is 22.8 Å². The number of amides is 1. The van der Waals surface area contributed by atoms with Crippen LogP contribution in [0, 0.1) is 0 Å². The number of aromatic nitrogens is 1. The first-order chi connectivity index (χ1) is 14.2. The predicted molar refractivity (Wildman–Crippen MR) is 107 cm³/mol. The molecule has 0 N–H and O–H groups in total. The van der Waals surface area contributed by atoms with Crippen LogP contribution in [0.15, 0.2) is 65.2 Å². The molecule has 5 rings (SSSR count). The number of oxazole rings is 1. The molecule has 6 heteroatoms. The average molecular weight is 390 g/mol. The molecule has 1 spiro atoms. The molecule has 0 unspecified atom stereocenters. The normalized spacial score (nSPS) is 18.3. The molecule has 148 valence electrons. The van der Waals surface area contributed by atoms with Gasteiger partial charge in [0.2, 0.25) is 5.89 Å². The molecule has 2 aliphatic heterocycles. The number of likely N-dealkylation sites (tertiary alicyclic amines) is 1. The topological polar surface area (TPSA) is 64.8 Å². The minimum atomic E-state index is -0.497. The standard InChI is InChI=1S/C23H22N2O4/c26-22(25-12-10-23(11-13-25)27-14-15-28-23)19-9-5-4-8-18(19)21-24-16-20(29-21)17-6-2-1-3-7-17/h1-9,16H,10-15H2. The number of carbonyl (C=O) groups is 1. The van der Waals surface area contributed by atoms with Gasteiger partial charge in [-0.25, -0.2) is 4.98 Å². The van der Waals surface area contributed by atoms with Crippen LogP contribution in [0.2, 0.25) is 0 Å². The van der Waals surface area contributed by atoms with Gasteiger partial charge in [0, 0.05) is 37.1 Å². The number of nitrogens with zero attached hydrogens (tertiary/aromatic N) is 2. The van der Waals surface area contributed by atoms with Crippen molar-refractivity contribution in [3.8, 4) is 22.8 Å². The molecular formula is C23H22N2O4. The quantitative estimate of drug-likeness (QED) is 0.677. The van der Waals surface area contributed by atoms with Gasteiger partial charge in [0.15, 0.2) is 11.5 Å². The summed E-state index contributed by atoms with van der Waals surface area (Å²) in [5.41, 5.74) is 2.25. The molecule has 0 radical (unpaired) electrons. The molecular weight excluding hydrogens is 368 g/mol. The Morgan fingerprint density at radius 1 is 0.931 bits per heavy atom. The first kappa shape index (κ1) is 18.1. The van der Waals surface area contributed by atoms with Gasteiger partial charge >= 0.3 is 0 Å². The Balaban J connectivity index is 1.39. The smallest absolute Gasteiger partial charge is 0.254 e. The van der Waals surface area contributed by atoms with E-state index in [1.807, 2.05) is 59.5 Å². The minimum Gasteiger partial charge on any atom is -0.436 e. The average Bonchev–Trinajstić information content (AvgIpc) is 3.45. The largest absolute Gasteiger partial charge is 0.436 e. The Labute approximate surface area is 169 Å². The van der Waals surface area contributed by atoms with Crippen molar-refractivity contribution in [3.63, 3.8) is 0 Å². The van der Waals surface area contributed by atoms with Crippen LogP contribution in [0.1, 0.15) is 23.2 Å². The summed E-state index contributed by atoms with van der Waals surface area (Å²) in [7, 11) is 0. The van der Waals surface area contributed by atoms with Crippen LogP contribution in [0.4, 0.5) is 0 Å². The zero-order valence-electron chi connectivity index (χ0n) is 16.0. The highest BCUT2D eigenvalue weighted by Gasteiger charge is 2.41. The van der Waals surface area contributed by atoms with E-state index in [9.17, 15) is 4.79 Å². The maximum absolute atomic E-state index is 13.2. The number of piperidine rings is 1. The van der Waals surface area contributed by atoms with Crippen LogP contribution in [0.5, 0.6) is 0 Å². The molecule has 0 aliphatic carbocycles. The highest BCUT2D eigenvalue weighted by Crippen LogP contribution is 2.33. The lowest BCUT2D eigenvalue weighted by Gasteiger charge is -2.37. The summed E-state index contributed by atoms with van der Waals surface area (Å²) in [4.78, 5) is 19.5. The van der Waals surface area contributed by atoms with Gasteiger partial charge < -0.3 is 18.8 Å². The Morgan fingerprint density at radius 3 is 2.38 bits per heavy atom. The van der Waals surface area contributed by atoms with Crippen LogP contribution in [0.3, 0.4) is 0 Å². The van der Waals surface area contributed by atoms with Crippen LogP contribution >= 0.6 is 0 Å². The SMILES string of the molecule is O=C(c1ccccc1-c1ncc(-c2ccccc2)o1)N1CCC2(CC1)OCCO2. The fourth-order valence-corrected chi connectivity index (χ4v) is 4.00. The number of carbonyl (C=O) groups excluding carboxylic acids is 1. The molecule has 2 aliphatic rings. The highest BCUT2D eigenvalue weighted by molar-refractivity contribution is 6.00. The Kier molecular flexibility index (Phi) is 4.66. The van der Waals surface area contributed by atoms with Gasteiger partial charge in [-0.3, -0.25) is 4.79 Å². The maximum Gasteiger partial charge on any atom is 0.254 e. The molecule has 2 saturated heterocycles. The monoisotopic (exact) mass is 390 g/mol. The Bertz CT molecular complexity index is 998. The predicted octanol–water partition coefficient (Wildman–Crippen LogP) is 3.99. The van der Waals surface area contributed by atoms with Crippen molar-refractivity contribution >= 4 is 5.91 Å². The molecule has 0 bridgehead atoms. The van der Waals surface area contributed by atoms with Crippen molar-refractivity contribution in [2.75, 3.05) is 26.3 Å². The molecule has 1 aromatic heterocycles. The van der Waals surface area contributed by atoms with Gasteiger partial charge in [-0.05, 0) is 12.1 Å². The zero-order chi connectivity index (χ0) is 19.7. The molecule has 0 saturated carbocycles. The molecule has 2 aromatic carbocycles.